The summed E-state index contributed by atoms with van der Waals surface area (Å²) in [6, 6.07) is 12.4. The Morgan fingerprint density at radius 3 is 2.39 bits per heavy atom. The number of hydrogen-bond donors (Lipinski definition) is 4. The van der Waals surface area contributed by atoms with Gasteiger partial charge in [0.25, 0.3) is 0 Å². The fraction of sp³-hybridized carbons (Fsp3) is 0.361. The van der Waals surface area contributed by atoms with Crippen molar-refractivity contribution in [3.05, 3.63) is 90.6 Å². The highest BCUT2D eigenvalue weighted by Crippen LogP contribution is 2.50. The number of nitrogens with zero attached hydrogens (tertiary/aromatic N) is 1. The molecule has 1 aliphatic carbocycles. The number of benzene rings is 2. The first-order valence-corrected chi connectivity index (χ1v) is 16.0. The number of methoxy groups -OCH3 is 3. The Labute approximate surface area is 282 Å². The molecule has 0 fully saturated rings. The van der Waals surface area contributed by atoms with Gasteiger partial charge in [-0.05, 0) is 65.8 Å². The van der Waals surface area contributed by atoms with Crippen LogP contribution >= 0.6 is 0 Å². The van der Waals surface area contributed by atoms with Crippen molar-refractivity contribution in [1.29, 1.82) is 0 Å². The molecular weight excluding hydrogens is 630 g/mol. The molecule has 2 amide bonds. The normalized spacial score (nSPS) is 14.2. The third kappa shape index (κ3) is 7.01. The summed E-state index contributed by atoms with van der Waals surface area (Å²) >= 11 is 0. The maximum absolute atomic E-state index is 13.8. The first-order valence-electron chi connectivity index (χ1n) is 16.0. The SMILES string of the molecule is COc1cc2c(c(OC)c1OC)-c1ccc(NC(C(=O)NCCn3c(=O)c(=O)[nH]c4ccccc43)C(C)C)c(=O)cc1C(NC(C)=O)CC2. The van der Waals surface area contributed by atoms with Crippen molar-refractivity contribution in [3.63, 3.8) is 0 Å². The Hall–Kier alpha value is -5.59. The van der Waals surface area contributed by atoms with Gasteiger partial charge in [-0.25, -0.2) is 0 Å². The van der Waals surface area contributed by atoms with Gasteiger partial charge in [-0.1, -0.05) is 32.0 Å². The van der Waals surface area contributed by atoms with E-state index in [9.17, 15) is 24.0 Å². The van der Waals surface area contributed by atoms with Crippen LogP contribution < -0.4 is 46.7 Å². The molecule has 0 bridgehead atoms. The quantitative estimate of drug-likeness (QED) is 0.175. The maximum atomic E-state index is 13.8. The predicted molar refractivity (Wildman–Crippen MR) is 187 cm³/mol. The van der Waals surface area contributed by atoms with Crippen LogP contribution in [0.1, 0.15) is 44.4 Å². The molecule has 1 heterocycles. The second-order valence-corrected chi connectivity index (χ2v) is 12.2. The number of fused-ring (bicyclic) bond motifs is 4. The van der Waals surface area contributed by atoms with Gasteiger partial charge in [0.1, 0.15) is 6.04 Å². The van der Waals surface area contributed by atoms with Gasteiger partial charge in [-0.2, -0.15) is 0 Å². The number of nitrogens with one attached hydrogen (secondary N) is 4. The molecule has 13 heteroatoms. The van der Waals surface area contributed by atoms with Gasteiger partial charge in [0.05, 0.1) is 44.1 Å². The van der Waals surface area contributed by atoms with E-state index >= 15 is 0 Å². The smallest absolute Gasteiger partial charge is 0.316 e. The predicted octanol–water partition coefficient (Wildman–Crippen LogP) is 3.12. The van der Waals surface area contributed by atoms with E-state index in [0.29, 0.717) is 57.8 Å². The zero-order valence-electron chi connectivity index (χ0n) is 28.4. The Morgan fingerprint density at radius 1 is 0.980 bits per heavy atom. The van der Waals surface area contributed by atoms with E-state index < -0.39 is 23.2 Å². The lowest BCUT2D eigenvalue weighted by Crippen LogP contribution is -2.45. The van der Waals surface area contributed by atoms with Crippen LogP contribution in [0.2, 0.25) is 0 Å². The Bertz CT molecular complexity index is 2090. The minimum Gasteiger partial charge on any atom is -0.493 e. The summed E-state index contributed by atoms with van der Waals surface area (Å²) in [4.78, 5) is 67.0. The number of aromatic amines is 1. The minimum absolute atomic E-state index is 0.0679. The van der Waals surface area contributed by atoms with E-state index in [2.05, 4.69) is 20.9 Å². The highest BCUT2D eigenvalue weighted by atomic mass is 16.5. The van der Waals surface area contributed by atoms with Gasteiger partial charge in [-0.15, -0.1) is 0 Å². The molecule has 49 heavy (non-hydrogen) atoms. The molecule has 0 radical (unpaired) electrons. The summed E-state index contributed by atoms with van der Waals surface area (Å²) < 4.78 is 18.4. The molecule has 4 aromatic rings. The molecule has 258 valence electrons. The number of ether oxygens (including phenoxy) is 3. The number of aryl methyl sites for hydroxylation is 1. The fourth-order valence-electron chi connectivity index (χ4n) is 6.37. The van der Waals surface area contributed by atoms with Crippen LogP contribution in [0.3, 0.4) is 0 Å². The zero-order valence-corrected chi connectivity index (χ0v) is 28.4. The second kappa shape index (κ2) is 14.7. The number of aromatic nitrogens is 2. The summed E-state index contributed by atoms with van der Waals surface area (Å²) in [6.07, 6.45) is 1.07. The highest BCUT2D eigenvalue weighted by molar-refractivity contribution is 5.86. The number of carbonyl (C=O) groups is 2. The lowest BCUT2D eigenvalue weighted by atomic mass is 9.95. The Kier molecular flexibility index (Phi) is 10.4. The lowest BCUT2D eigenvalue weighted by Gasteiger charge is -2.22. The van der Waals surface area contributed by atoms with Crippen LogP contribution in [0.4, 0.5) is 5.69 Å². The van der Waals surface area contributed by atoms with Crippen molar-refractivity contribution in [1.82, 2.24) is 20.2 Å². The standard InChI is InChI=1S/C36H41N5O8/c1-19(2)31(34(44)37-15-16-41-27-10-8-7-9-25(27)40-35(45)36(41)46)39-26-14-12-22-23(18-28(26)43)24(38-20(3)42)13-11-21-17-29(47-4)32(48-5)33(49-6)30(21)22/h7-10,12,14,17-19,24,31H,11,13,15-16H2,1-6H3,(H,37,44)(H,38,42)(H,39,43)(H,40,45). The van der Waals surface area contributed by atoms with Crippen molar-refractivity contribution in [2.75, 3.05) is 33.2 Å². The van der Waals surface area contributed by atoms with Crippen molar-refractivity contribution < 1.29 is 23.8 Å². The number of rotatable bonds is 11. The van der Waals surface area contributed by atoms with Crippen molar-refractivity contribution in [3.8, 4) is 28.4 Å². The largest absolute Gasteiger partial charge is 0.493 e. The average molecular weight is 672 g/mol. The van der Waals surface area contributed by atoms with Gasteiger partial charge in [0.2, 0.25) is 23.0 Å². The molecule has 2 atom stereocenters. The summed E-state index contributed by atoms with van der Waals surface area (Å²) in [5.74, 6) is 0.453. The van der Waals surface area contributed by atoms with E-state index in [1.54, 1.807) is 43.5 Å². The molecule has 0 spiro atoms. The monoisotopic (exact) mass is 671 g/mol. The Morgan fingerprint density at radius 2 is 1.71 bits per heavy atom. The molecule has 4 N–H and O–H groups in total. The third-order valence-electron chi connectivity index (χ3n) is 8.69. The van der Waals surface area contributed by atoms with Crippen molar-refractivity contribution >= 4 is 28.5 Å². The molecule has 1 aromatic heterocycles. The van der Waals surface area contributed by atoms with E-state index in [-0.39, 0.29) is 41.9 Å². The van der Waals surface area contributed by atoms with Crippen LogP contribution in [0.25, 0.3) is 22.2 Å². The molecule has 5 rings (SSSR count). The molecule has 2 unspecified atom stereocenters. The number of anilines is 1. The van der Waals surface area contributed by atoms with E-state index in [0.717, 1.165) is 5.56 Å². The van der Waals surface area contributed by atoms with Crippen LogP contribution in [0.5, 0.6) is 17.2 Å². The van der Waals surface area contributed by atoms with Gasteiger partial charge in [0, 0.05) is 25.6 Å². The third-order valence-corrected chi connectivity index (χ3v) is 8.69. The summed E-state index contributed by atoms with van der Waals surface area (Å²) in [7, 11) is 4.59. The van der Waals surface area contributed by atoms with Crippen molar-refractivity contribution in [2.24, 2.45) is 5.92 Å². The van der Waals surface area contributed by atoms with Crippen LogP contribution in [0, 0.1) is 5.92 Å². The summed E-state index contributed by atoms with van der Waals surface area (Å²) in [5.41, 5.74) is 2.26. The number of hydrogen-bond acceptors (Lipinski definition) is 9. The van der Waals surface area contributed by atoms with E-state index in [1.165, 1.54) is 31.8 Å². The average Bonchev–Trinajstić information content (AvgIpc) is 3.31. The molecule has 3 aromatic carbocycles. The van der Waals surface area contributed by atoms with E-state index in [1.807, 2.05) is 19.9 Å². The minimum atomic E-state index is -0.820. The molecular formula is C36H41N5O8. The topological polar surface area (TPSA) is 170 Å². The van der Waals surface area contributed by atoms with Crippen LogP contribution in [-0.4, -0.2) is 55.3 Å². The highest BCUT2D eigenvalue weighted by Gasteiger charge is 2.30. The van der Waals surface area contributed by atoms with Gasteiger partial charge in [-0.3, -0.25) is 24.0 Å². The fourth-order valence-corrected chi connectivity index (χ4v) is 6.37. The first kappa shape index (κ1) is 34.7. The number of para-hydroxylation sites is 2. The second-order valence-electron chi connectivity index (χ2n) is 12.2. The first-order chi connectivity index (χ1) is 23.5. The molecule has 1 aliphatic rings. The van der Waals surface area contributed by atoms with Gasteiger partial charge >= 0.3 is 11.1 Å². The molecule has 0 saturated carbocycles. The summed E-state index contributed by atoms with van der Waals surface area (Å²) in [5, 5.41) is 8.98. The van der Waals surface area contributed by atoms with Gasteiger partial charge < -0.3 is 39.7 Å². The molecule has 0 saturated heterocycles. The Balaban J connectivity index is 1.49. The lowest BCUT2D eigenvalue weighted by molar-refractivity contribution is -0.122. The number of amides is 2. The van der Waals surface area contributed by atoms with Gasteiger partial charge in [0.15, 0.2) is 11.5 Å². The zero-order chi connectivity index (χ0) is 35.4. The molecule has 0 aliphatic heterocycles. The number of carbonyl (C=O) groups excluding carboxylic acids is 2. The molecule has 13 nitrogen and oxygen atoms in total. The van der Waals surface area contributed by atoms with Crippen LogP contribution in [0.15, 0.2) is 62.9 Å². The number of H-pyrrole nitrogens is 1. The van der Waals surface area contributed by atoms with E-state index in [4.69, 9.17) is 14.2 Å². The van der Waals surface area contributed by atoms with Crippen LogP contribution in [-0.2, 0) is 22.6 Å². The summed E-state index contributed by atoms with van der Waals surface area (Å²) in [6.45, 7) is 5.27. The maximum Gasteiger partial charge on any atom is 0.316 e. The van der Waals surface area contributed by atoms with Crippen molar-refractivity contribution in [2.45, 2.75) is 52.2 Å².